The number of nitrogens with zero attached hydrogens (tertiary/aromatic N) is 4. The highest BCUT2D eigenvalue weighted by Crippen LogP contribution is 2.34. The molecule has 1 fully saturated rings. The maximum absolute atomic E-state index is 5.75. The molecule has 6 heteroatoms. The fourth-order valence-corrected chi connectivity index (χ4v) is 4.87. The highest BCUT2D eigenvalue weighted by Gasteiger charge is 2.27. The van der Waals surface area contributed by atoms with Crippen LogP contribution in [0.1, 0.15) is 35.1 Å². The molecule has 25 heavy (non-hydrogen) atoms. The molecule has 3 aromatic rings. The molecule has 4 nitrogen and oxygen atoms in total. The summed E-state index contributed by atoms with van der Waals surface area (Å²) in [5, 5.41) is 6.89. The van der Waals surface area contributed by atoms with Crippen LogP contribution < -0.4 is 0 Å². The van der Waals surface area contributed by atoms with Gasteiger partial charge in [0.1, 0.15) is 5.82 Å². The van der Waals surface area contributed by atoms with E-state index in [0.29, 0.717) is 6.04 Å². The van der Waals surface area contributed by atoms with Crippen LogP contribution in [-0.4, -0.2) is 25.8 Å². The molecule has 0 bridgehead atoms. The number of likely N-dealkylation sites (tertiary alicyclic amines) is 1. The maximum atomic E-state index is 5.75. The van der Waals surface area contributed by atoms with Gasteiger partial charge in [-0.05, 0) is 68.0 Å². The zero-order valence-electron chi connectivity index (χ0n) is 14.6. The van der Waals surface area contributed by atoms with Crippen molar-refractivity contribution in [1.82, 2.24) is 19.2 Å². The molecule has 4 rings (SSSR count). The van der Waals surface area contributed by atoms with E-state index in [-0.39, 0.29) is 0 Å². The second kappa shape index (κ2) is 6.86. The highest BCUT2D eigenvalue weighted by atomic mass is 32.1. The Morgan fingerprint density at radius 2 is 2.12 bits per heavy atom. The van der Waals surface area contributed by atoms with Crippen molar-refractivity contribution in [3.05, 3.63) is 62.8 Å². The van der Waals surface area contributed by atoms with Crippen molar-refractivity contribution in [2.75, 3.05) is 6.54 Å². The van der Waals surface area contributed by atoms with Gasteiger partial charge >= 0.3 is 0 Å². The Balaban J connectivity index is 1.64. The fourth-order valence-electron chi connectivity index (χ4n) is 3.64. The fraction of sp³-hybridized carbons (Fsp3) is 0.368. The third kappa shape index (κ3) is 3.21. The van der Waals surface area contributed by atoms with Gasteiger partial charge in [-0.2, -0.15) is 5.10 Å². The summed E-state index contributed by atoms with van der Waals surface area (Å²) in [5.74, 6) is 0.933. The number of aromatic nitrogens is 3. The molecule has 3 heterocycles. The first-order chi connectivity index (χ1) is 12.1. The van der Waals surface area contributed by atoms with Crippen LogP contribution in [0.5, 0.6) is 0 Å². The molecule has 0 aliphatic carbocycles. The highest BCUT2D eigenvalue weighted by molar-refractivity contribution is 7.71. The SMILES string of the molecule is Cc1cccc(-n2c(C)nn(CN3CCC[C@@H]3c3cccs3)c2=S)c1. The van der Waals surface area contributed by atoms with E-state index >= 15 is 0 Å². The van der Waals surface area contributed by atoms with Crippen molar-refractivity contribution < 1.29 is 0 Å². The largest absolute Gasteiger partial charge is 0.276 e. The van der Waals surface area contributed by atoms with Gasteiger partial charge in [0.15, 0.2) is 0 Å². The zero-order chi connectivity index (χ0) is 17.4. The summed E-state index contributed by atoms with van der Waals surface area (Å²) in [5.41, 5.74) is 2.31. The van der Waals surface area contributed by atoms with E-state index in [4.69, 9.17) is 17.3 Å². The number of aryl methyl sites for hydroxylation is 2. The lowest BCUT2D eigenvalue weighted by Crippen LogP contribution is -2.26. The zero-order valence-corrected chi connectivity index (χ0v) is 16.2. The molecule has 0 amide bonds. The van der Waals surface area contributed by atoms with Gasteiger partial charge in [0.2, 0.25) is 4.77 Å². The van der Waals surface area contributed by atoms with Crippen molar-refractivity contribution in [1.29, 1.82) is 0 Å². The van der Waals surface area contributed by atoms with E-state index in [9.17, 15) is 0 Å². The molecule has 130 valence electrons. The van der Waals surface area contributed by atoms with Crippen molar-refractivity contribution in [3.8, 4) is 5.69 Å². The van der Waals surface area contributed by atoms with E-state index in [2.05, 4.69) is 58.2 Å². The molecule has 0 saturated carbocycles. The second-order valence-corrected chi connectivity index (χ2v) is 7.98. The molecule has 1 atom stereocenters. The second-order valence-electron chi connectivity index (χ2n) is 6.63. The van der Waals surface area contributed by atoms with Crippen molar-refractivity contribution in [2.45, 2.75) is 39.4 Å². The molecule has 0 spiro atoms. The van der Waals surface area contributed by atoms with Crippen LogP contribution in [-0.2, 0) is 6.67 Å². The quantitative estimate of drug-likeness (QED) is 0.613. The molecule has 1 saturated heterocycles. The predicted molar refractivity (Wildman–Crippen MR) is 105 cm³/mol. The Bertz CT molecular complexity index is 923. The van der Waals surface area contributed by atoms with Gasteiger partial charge in [-0.3, -0.25) is 9.47 Å². The molecule has 2 aromatic heterocycles. The molecule has 0 radical (unpaired) electrons. The first kappa shape index (κ1) is 16.7. The lowest BCUT2D eigenvalue weighted by Gasteiger charge is -2.23. The monoisotopic (exact) mass is 370 g/mol. The van der Waals surface area contributed by atoms with Crippen molar-refractivity contribution in [2.24, 2.45) is 0 Å². The average molecular weight is 371 g/mol. The first-order valence-electron chi connectivity index (χ1n) is 8.64. The summed E-state index contributed by atoms with van der Waals surface area (Å²) in [6, 6.07) is 13.3. The third-order valence-electron chi connectivity index (χ3n) is 4.81. The molecule has 1 aliphatic heterocycles. The van der Waals surface area contributed by atoms with E-state index in [1.165, 1.54) is 23.3 Å². The number of hydrogen-bond acceptors (Lipinski definition) is 4. The minimum atomic E-state index is 0.492. The van der Waals surface area contributed by atoms with Crippen LogP contribution in [0.25, 0.3) is 5.69 Å². The molecular formula is C19H22N4S2. The Labute approximate surface area is 157 Å². The summed E-state index contributed by atoms with van der Waals surface area (Å²) < 4.78 is 4.80. The smallest absolute Gasteiger partial charge is 0.203 e. The summed E-state index contributed by atoms with van der Waals surface area (Å²) in [6.07, 6.45) is 2.44. The molecule has 1 aliphatic rings. The van der Waals surface area contributed by atoms with Gasteiger partial charge in [0.05, 0.1) is 6.67 Å². The van der Waals surface area contributed by atoms with Crippen LogP contribution in [0.4, 0.5) is 0 Å². The van der Waals surface area contributed by atoms with Gasteiger partial charge in [0, 0.05) is 23.2 Å². The lowest BCUT2D eigenvalue weighted by atomic mass is 10.2. The van der Waals surface area contributed by atoms with Gasteiger partial charge in [-0.25, -0.2) is 4.68 Å². The number of hydrogen-bond donors (Lipinski definition) is 0. The van der Waals surface area contributed by atoms with Crippen molar-refractivity contribution in [3.63, 3.8) is 0 Å². The van der Waals surface area contributed by atoms with Crippen LogP contribution in [0, 0.1) is 18.6 Å². The Morgan fingerprint density at radius 1 is 1.24 bits per heavy atom. The summed E-state index contributed by atoms with van der Waals surface area (Å²) in [4.78, 5) is 3.94. The van der Waals surface area contributed by atoms with Crippen molar-refractivity contribution >= 4 is 23.6 Å². The van der Waals surface area contributed by atoms with Gasteiger partial charge in [-0.1, -0.05) is 18.2 Å². The maximum Gasteiger partial charge on any atom is 0.203 e. The summed E-state index contributed by atoms with van der Waals surface area (Å²) in [6.45, 7) is 5.97. The first-order valence-corrected chi connectivity index (χ1v) is 9.93. The lowest BCUT2D eigenvalue weighted by molar-refractivity contribution is 0.192. The van der Waals surface area contributed by atoms with Crippen LogP contribution >= 0.6 is 23.6 Å². The predicted octanol–water partition coefficient (Wildman–Crippen LogP) is 4.88. The standard InChI is InChI=1S/C19H22N4S2/c1-14-6-3-7-16(12-14)23-15(2)20-22(19(23)24)13-21-10-4-8-17(21)18-9-5-11-25-18/h3,5-7,9,11-12,17H,4,8,10,13H2,1-2H3/t17-/m1/s1. The van der Waals surface area contributed by atoms with E-state index < -0.39 is 0 Å². The van der Waals surface area contributed by atoms with Gasteiger partial charge < -0.3 is 0 Å². The topological polar surface area (TPSA) is 26.0 Å². The minimum Gasteiger partial charge on any atom is -0.276 e. The average Bonchev–Trinajstić information content (AvgIpc) is 3.29. The number of benzene rings is 1. The number of thiophene rings is 1. The molecule has 0 unspecified atom stereocenters. The minimum absolute atomic E-state index is 0.492. The van der Waals surface area contributed by atoms with Crippen LogP contribution in [0.2, 0.25) is 0 Å². The summed E-state index contributed by atoms with van der Waals surface area (Å²) in [7, 11) is 0. The molecule has 1 aromatic carbocycles. The van der Waals surface area contributed by atoms with E-state index in [1.807, 2.05) is 22.9 Å². The normalized spacial score (nSPS) is 18.1. The molecular weight excluding hydrogens is 348 g/mol. The Kier molecular flexibility index (Phi) is 4.58. The van der Waals surface area contributed by atoms with Gasteiger partial charge in [0.25, 0.3) is 0 Å². The molecule has 0 N–H and O–H groups in total. The Hall–Kier alpha value is -1.76. The number of rotatable bonds is 4. The van der Waals surface area contributed by atoms with E-state index in [0.717, 1.165) is 29.5 Å². The van der Waals surface area contributed by atoms with Crippen LogP contribution in [0.15, 0.2) is 41.8 Å². The third-order valence-corrected chi connectivity index (χ3v) is 6.18. The Morgan fingerprint density at radius 3 is 2.88 bits per heavy atom. The van der Waals surface area contributed by atoms with Crippen LogP contribution in [0.3, 0.4) is 0 Å². The van der Waals surface area contributed by atoms with Gasteiger partial charge in [-0.15, -0.1) is 11.3 Å². The summed E-state index contributed by atoms with van der Waals surface area (Å²) >= 11 is 7.59. The van der Waals surface area contributed by atoms with E-state index in [1.54, 1.807) is 0 Å².